The SMILES string of the molecule is O=C(NC[C@@H]1CCN(c2ccc(F)cc2)C1)N[C@@H]1CCS(=O)(=O)C1. The minimum atomic E-state index is -2.99. The third kappa shape index (κ3) is 4.37. The van der Waals surface area contributed by atoms with Gasteiger partial charge in [-0.15, -0.1) is 0 Å². The van der Waals surface area contributed by atoms with Crippen LogP contribution in [0.25, 0.3) is 0 Å². The standard InChI is InChI=1S/C16H22FN3O3S/c17-13-1-3-15(4-2-13)20-7-5-12(10-20)9-18-16(21)19-14-6-8-24(22,23)11-14/h1-4,12,14H,5-11H2,(H2,18,19,21)/t12-,14+/m0/s1. The quantitative estimate of drug-likeness (QED) is 0.849. The number of nitrogens with one attached hydrogen (secondary N) is 2. The zero-order valence-electron chi connectivity index (χ0n) is 13.4. The Morgan fingerprint density at radius 3 is 2.67 bits per heavy atom. The van der Waals surface area contributed by atoms with Gasteiger partial charge in [0.15, 0.2) is 9.84 Å². The fourth-order valence-electron chi connectivity index (χ4n) is 3.27. The number of halogens is 1. The van der Waals surface area contributed by atoms with Gasteiger partial charge in [0.2, 0.25) is 0 Å². The van der Waals surface area contributed by atoms with Crippen LogP contribution in [0.1, 0.15) is 12.8 Å². The molecule has 0 aromatic heterocycles. The van der Waals surface area contributed by atoms with Gasteiger partial charge in [-0.3, -0.25) is 0 Å². The van der Waals surface area contributed by atoms with Gasteiger partial charge in [0.05, 0.1) is 11.5 Å². The number of anilines is 1. The Kier molecular flexibility index (Phi) is 4.93. The zero-order chi connectivity index (χ0) is 17.2. The van der Waals surface area contributed by atoms with Crippen molar-refractivity contribution in [1.82, 2.24) is 10.6 Å². The summed E-state index contributed by atoms with van der Waals surface area (Å²) in [4.78, 5) is 14.1. The molecule has 0 bridgehead atoms. The van der Waals surface area contributed by atoms with E-state index in [-0.39, 0.29) is 29.4 Å². The van der Waals surface area contributed by atoms with Crippen molar-refractivity contribution in [3.63, 3.8) is 0 Å². The molecule has 0 unspecified atom stereocenters. The second-order valence-electron chi connectivity index (χ2n) is 6.53. The molecule has 2 aliphatic heterocycles. The maximum atomic E-state index is 13.0. The van der Waals surface area contributed by atoms with E-state index in [9.17, 15) is 17.6 Å². The Morgan fingerprint density at radius 1 is 1.25 bits per heavy atom. The average Bonchev–Trinajstić information content (AvgIpc) is 3.12. The molecule has 3 rings (SSSR count). The van der Waals surface area contributed by atoms with Crippen molar-refractivity contribution in [3.8, 4) is 0 Å². The molecule has 1 aromatic carbocycles. The van der Waals surface area contributed by atoms with Gasteiger partial charge >= 0.3 is 6.03 Å². The molecule has 6 nitrogen and oxygen atoms in total. The molecule has 0 aliphatic carbocycles. The highest BCUT2D eigenvalue weighted by molar-refractivity contribution is 7.91. The van der Waals surface area contributed by atoms with Gasteiger partial charge in [0.1, 0.15) is 5.82 Å². The normalized spacial score (nSPS) is 25.6. The summed E-state index contributed by atoms with van der Waals surface area (Å²) >= 11 is 0. The summed E-state index contributed by atoms with van der Waals surface area (Å²) in [5, 5.41) is 5.55. The van der Waals surface area contributed by atoms with E-state index in [1.54, 1.807) is 12.1 Å². The Morgan fingerprint density at radius 2 is 2.00 bits per heavy atom. The molecule has 24 heavy (non-hydrogen) atoms. The first-order valence-corrected chi connectivity index (χ1v) is 9.99. The first kappa shape index (κ1) is 17.0. The molecule has 1 aromatic rings. The molecular weight excluding hydrogens is 333 g/mol. The lowest BCUT2D eigenvalue weighted by Gasteiger charge is -2.19. The van der Waals surface area contributed by atoms with Gasteiger partial charge in [-0.2, -0.15) is 0 Å². The molecule has 0 spiro atoms. The smallest absolute Gasteiger partial charge is 0.315 e. The van der Waals surface area contributed by atoms with Gasteiger partial charge in [0, 0.05) is 31.4 Å². The fraction of sp³-hybridized carbons (Fsp3) is 0.562. The number of benzene rings is 1. The number of hydrogen-bond acceptors (Lipinski definition) is 4. The van der Waals surface area contributed by atoms with Crippen LogP contribution in [0.4, 0.5) is 14.9 Å². The lowest BCUT2D eigenvalue weighted by molar-refractivity contribution is 0.236. The molecule has 2 atom stereocenters. The molecule has 0 radical (unpaired) electrons. The van der Waals surface area contributed by atoms with Crippen LogP contribution < -0.4 is 15.5 Å². The first-order chi connectivity index (χ1) is 11.4. The summed E-state index contributed by atoms with van der Waals surface area (Å²) in [5.41, 5.74) is 0.986. The van der Waals surface area contributed by atoms with Crippen LogP contribution in [0.2, 0.25) is 0 Å². The van der Waals surface area contributed by atoms with E-state index in [1.165, 1.54) is 12.1 Å². The van der Waals surface area contributed by atoms with E-state index in [0.717, 1.165) is 25.2 Å². The molecule has 2 saturated heterocycles. The van der Waals surface area contributed by atoms with Crippen LogP contribution in [-0.4, -0.2) is 51.6 Å². The second-order valence-corrected chi connectivity index (χ2v) is 8.76. The van der Waals surface area contributed by atoms with Crippen molar-refractivity contribution in [2.45, 2.75) is 18.9 Å². The number of rotatable bonds is 4. The summed E-state index contributed by atoms with van der Waals surface area (Å²) in [7, 11) is -2.99. The van der Waals surface area contributed by atoms with E-state index in [4.69, 9.17) is 0 Å². The zero-order valence-corrected chi connectivity index (χ0v) is 14.2. The van der Waals surface area contributed by atoms with Crippen LogP contribution in [0.15, 0.2) is 24.3 Å². The molecule has 0 saturated carbocycles. The van der Waals surface area contributed by atoms with Crippen molar-refractivity contribution >= 4 is 21.6 Å². The highest BCUT2D eigenvalue weighted by Crippen LogP contribution is 2.23. The highest BCUT2D eigenvalue weighted by atomic mass is 32.2. The van der Waals surface area contributed by atoms with Crippen LogP contribution in [-0.2, 0) is 9.84 Å². The van der Waals surface area contributed by atoms with E-state index >= 15 is 0 Å². The number of hydrogen-bond donors (Lipinski definition) is 2. The third-order valence-electron chi connectivity index (χ3n) is 4.60. The van der Waals surface area contributed by atoms with Crippen LogP contribution in [0.3, 0.4) is 0 Å². The molecule has 2 N–H and O–H groups in total. The molecule has 2 fully saturated rings. The van der Waals surface area contributed by atoms with Crippen molar-refractivity contribution in [3.05, 3.63) is 30.1 Å². The van der Waals surface area contributed by atoms with Crippen LogP contribution >= 0.6 is 0 Å². The number of carbonyl (C=O) groups excluding carboxylic acids is 1. The monoisotopic (exact) mass is 355 g/mol. The molecule has 2 amide bonds. The topological polar surface area (TPSA) is 78.5 Å². The third-order valence-corrected chi connectivity index (χ3v) is 6.36. The van der Waals surface area contributed by atoms with Crippen molar-refractivity contribution in [2.75, 3.05) is 36.0 Å². The Bertz CT molecular complexity index is 693. The Labute approximate surface area is 141 Å². The minimum Gasteiger partial charge on any atom is -0.371 e. The van der Waals surface area contributed by atoms with Crippen LogP contribution in [0, 0.1) is 11.7 Å². The second kappa shape index (κ2) is 6.96. The molecule has 8 heteroatoms. The Balaban J connectivity index is 1.41. The summed E-state index contributed by atoms with van der Waals surface area (Å²) in [6, 6.07) is 5.83. The first-order valence-electron chi connectivity index (χ1n) is 8.16. The van der Waals surface area contributed by atoms with Gasteiger partial charge in [0.25, 0.3) is 0 Å². The van der Waals surface area contributed by atoms with Gasteiger partial charge in [-0.25, -0.2) is 17.6 Å². The highest BCUT2D eigenvalue weighted by Gasteiger charge is 2.29. The molecule has 2 heterocycles. The number of sulfone groups is 1. The summed E-state index contributed by atoms with van der Waals surface area (Å²) in [6.45, 7) is 2.23. The number of nitrogens with zero attached hydrogens (tertiary/aromatic N) is 1. The number of urea groups is 1. The number of amides is 2. The number of carbonyl (C=O) groups is 1. The maximum absolute atomic E-state index is 13.0. The van der Waals surface area contributed by atoms with Crippen LogP contribution in [0.5, 0.6) is 0 Å². The summed E-state index contributed by atoms with van der Waals surface area (Å²) in [6.07, 6.45) is 1.44. The van der Waals surface area contributed by atoms with E-state index in [2.05, 4.69) is 15.5 Å². The van der Waals surface area contributed by atoms with E-state index in [0.29, 0.717) is 18.9 Å². The van der Waals surface area contributed by atoms with Crippen molar-refractivity contribution in [2.24, 2.45) is 5.92 Å². The summed E-state index contributed by atoms with van der Waals surface area (Å²) < 4.78 is 35.7. The van der Waals surface area contributed by atoms with Gasteiger partial charge < -0.3 is 15.5 Å². The lowest BCUT2D eigenvalue weighted by atomic mass is 10.1. The predicted octanol–water partition coefficient (Wildman–Crippen LogP) is 1.14. The predicted molar refractivity (Wildman–Crippen MR) is 90.3 cm³/mol. The van der Waals surface area contributed by atoms with Crippen molar-refractivity contribution < 1.29 is 17.6 Å². The summed E-state index contributed by atoms with van der Waals surface area (Å²) in [5.74, 6) is 0.255. The molecule has 132 valence electrons. The minimum absolute atomic E-state index is 0.0300. The van der Waals surface area contributed by atoms with E-state index < -0.39 is 9.84 Å². The average molecular weight is 355 g/mol. The largest absolute Gasteiger partial charge is 0.371 e. The lowest BCUT2D eigenvalue weighted by Crippen LogP contribution is -2.44. The van der Waals surface area contributed by atoms with E-state index in [1.807, 2.05) is 0 Å². The van der Waals surface area contributed by atoms with Crippen molar-refractivity contribution in [1.29, 1.82) is 0 Å². The Hall–Kier alpha value is -1.83. The maximum Gasteiger partial charge on any atom is 0.315 e. The molecular formula is C16H22FN3O3S. The van der Waals surface area contributed by atoms with Gasteiger partial charge in [-0.05, 0) is 43.0 Å². The fourth-order valence-corrected chi connectivity index (χ4v) is 4.94. The molecule has 2 aliphatic rings. The van der Waals surface area contributed by atoms with Gasteiger partial charge in [-0.1, -0.05) is 0 Å².